The van der Waals surface area contributed by atoms with E-state index in [9.17, 15) is 13.2 Å². The van der Waals surface area contributed by atoms with E-state index in [1.165, 1.54) is 6.33 Å². The van der Waals surface area contributed by atoms with Crippen molar-refractivity contribution in [1.29, 1.82) is 0 Å². The van der Waals surface area contributed by atoms with Gasteiger partial charge in [0, 0.05) is 55.7 Å². The normalized spacial score (nSPS) is 22.4. The van der Waals surface area contributed by atoms with Crippen molar-refractivity contribution < 1.29 is 13.2 Å². The number of carbonyl (C=O) groups excluding carboxylic acids is 1. The fraction of sp³-hybridized carbons (Fsp3) is 0.522. The van der Waals surface area contributed by atoms with Crippen molar-refractivity contribution in [2.45, 2.75) is 56.1 Å². The molecular formula is C23H31N7O3S. The number of nitrogens with one attached hydrogen (secondary N) is 2. The van der Waals surface area contributed by atoms with Crippen LogP contribution < -0.4 is 9.62 Å². The highest BCUT2D eigenvalue weighted by Gasteiger charge is 2.41. The molecule has 1 saturated heterocycles. The average molecular weight is 486 g/mol. The Kier molecular flexibility index (Phi) is 5.25. The lowest BCUT2D eigenvalue weighted by Crippen LogP contribution is -2.60. The molecule has 2 fully saturated rings. The van der Waals surface area contributed by atoms with Crippen molar-refractivity contribution in [3.05, 3.63) is 24.5 Å². The van der Waals surface area contributed by atoms with Gasteiger partial charge < -0.3 is 19.7 Å². The monoisotopic (exact) mass is 485 g/mol. The molecule has 3 heterocycles. The zero-order valence-corrected chi connectivity index (χ0v) is 21.0. The van der Waals surface area contributed by atoms with Gasteiger partial charge in [0.1, 0.15) is 17.8 Å². The fourth-order valence-electron chi connectivity index (χ4n) is 4.69. The second-order valence-electron chi connectivity index (χ2n) is 10.1. The molecule has 10 nitrogen and oxygen atoms in total. The Morgan fingerprint density at radius 1 is 1.18 bits per heavy atom. The first-order valence-electron chi connectivity index (χ1n) is 11.5. The van der Waals surface area contributed by atoms with Gasteiger partial charge in [0.2, 0.25) is 10.0 Å². The highest BCUT2D eigenvalue weighted by molar-refractivity contribution is 7.89. The number of benzene rings is 1. The average Bonchev–Trinajstić information content (AvgIpc) is 3.37. The van der Waals surface area contributed by atoms with E-state index < -0.39 is 10.0 Å². The summed E-state index contributed by atoms with van der Waals surface area (Å²) in [6, 6.07) is 5.18. The summed E-state index contributed by atoms with van der Waals surface area (Å²) in [5, 5.41) is 1.73. The third-order valence-electron chi connectivity index (χ3n) is 6.92. The molecule has 0 radical (unpaired) electrons. The maximum atomic E-state index is 12.9. The topological polar surface area (TPSA) is 115 Å². The molecule has 0 spiro atoms. The summed E-state index contributed by atoms with van der Waals surface area (Å²) in [6.07, 6.45) is 3.22. The number of amides is 2. The molecule has 2 aliphatic rings. The van der Waals surface area contributed by atoms with Gasteiger partial charge in [-0.05, 0) is 45.7 Å². The smallest absolute Gasteiger partial charge is 0.319 e. The van der Waals surface area contributed by atoms with Crippen LogP contribution in [0.4, 0.5) is 10.6 Å². The molecule has 0 bridgehead atoms. The summed E-state index contributed by atoms with van der Waals surface area (Å²) in [5.74, 6) is 0.784. The molecule has 34 heavy (non-hydrogen) atoms. The van der Waals surface area contributed by atoms with Gasteiger partial charge in [-0.3, -0.25) is 0 Å². The minimum Gasteiger partial charge on any atom is -0.349 e. The number of hydrogen-bond donors (Lipinski definition) is 2. The lowest BCUT2D eigenvalue weighted by Gasteiger charge is -2.45. The van der Waals surface area contributed by atoms with E-state index in [0.29, 0.717) is 24.3 Å². The molecule has 182 valence electrons. The predicted molar refractivity (Wildman–Crippen MR) is 131 cm³/mol. The molecule has 1 aromatic carbocycles. The molecule has 1 aliphatic heterocycles. The van der Waals surface area contributed by atoms with Crippen LogP contribution in [-0.2, 0) is 10.0 Å². The van der Waals surface area contributed by atoms with Crippen molar-refractivity contribution in [1.82, 2.24) is 29.5 Å². The van der Waals surface area contributed by atoms with Crippen molar-refractivity contribution in [3.8, 4) is 0 Å². The number of anilines is 1. The Morgan fingerprint density at radius 2 is 1.91 bits per heavy atom. The molecule has 1 saturated carbocycles. The Balaban J connectivity index is 1.52. The largest absolute Gasteiger partial charge is 0.349 e. The van der Waals surface area contributed by atoms with Gasteiger partial charge in [0.25, 0.3) is 0 Å². The van der Waals surface area contributed by atoms with Crippen molar-refractivity contribution in [2.24, 2.45) is 0 Å². The van der Waals surface area contributed by atoms with E-state index in [-0.39, 0.29) is 28.5 Å². The van der Waals surface area contributed by atoms with E-state index in [1.807, 2.05) is 24.8 Å². The number of H-pyrrole nitrogens is 1. The van der Waals surface area contributed by atoms with E-state index >= 15 is 0 Å². The molecule has 1 aliphatic carbocycles. The highest BCUT2D eigenvalue weighted by Crippen LogP contribution is 2.37. The number of aromatic amines is 1. The summed E-state index contributed by atoms with van der Waals surface area (Å²) in [6.45, 7) is 7.26. The molecule has 2 aromatic heterocycles. The highest BCUT2D eigenvalue weighted by atomic mass is 32.2. The Labute approximate surface area is 199 Å². The third-order valence-corrected chi connectivity index (χ3v) is 8.55. The van der Waals surface area contributed by atoms with E-state index in [1.54, 1.807) is 31.1 Å². The summed E-state index contributed by atoms with van der Waals surface area (Å²) < 4.78 is 28.6. The number of fused-ring (bicyclic) bond motifs is 3. The molecule has 2 atom stereocenters. The Hall–Kier alpha value is -2.92. The molecule has 2 unspecified atom stereocenters. The number of hydrogen-bond acceptors (Lipinski definition) is 6. The number of piperazine rings is 1. The van der Waals surface area contributed by atoms with E-state index in [4.69, 9.17) is 0 Å². The summed E-state index contributed by atoms with van der Waals surface area (Å²) in [5.41, 5.74) is 1.02. The Bertz CT molecular complexity index is 1380. The number of carbonyl (C=O) groups is 1. The van der Waals surface area contributed by atoms with Crippen LogP contribution >= 0.6 is 0 Å². The number of sulfonamides is 1. The molecule has 3 aromatic rings. The standard InChI is InChI=1S/C23H31N7O3S/c1-14-12-30(22(31)28(4)5)15(2)11-29(14)21-19-17-7-6-16(34(32,33)27-23(3)8-9-23)10-18(17)26-20(19)24-13-25-21/h6-7,10,13-15,27H,8-9,11-12H2,1-5H3,(H,24,25,26). The van der Waals surface area contributed by atoms with Crippen LogP contribution in [0.1, 0.15) is 33.6 Å². The van der Waals surface area contributed by atoms with Gasteiger partial charge >= 0.3 is 6.03 Å². The van der Waals surface area contributed by atoms with Gasteiger partial charge in [-0.25, -0.2) is 27.9 Å². The third kappa shape index (κ3) is 3.86. The minimum absolute atomic E-state index is 0.00123. The number of aromatic nitrogens is 3. The molecular weight excluding hydrogens is 454 g/mol. The fourth-order valence-corrected chi connectivity index (χ4v) is 6.19. The van der Waals surface area contributed by atoms with Crippen molar-refractivity contribution in [2.75, 3.05) is 32.1 Å². The van der Waals surface area contributed by atoms with Crippen LogP contribution in [0.25, 0.3) is 21.9 Å². The van der Waals surface area contributed by atoms with Crippen LogP contribution in [0, 0.1) is 0 Å². The second kappa shape index (κ2) is 7.81. The summed E-state index contributed by atoms with van der Waals surface area (Å²) in [4.78, 5) is 30.8. The van der Waals surface area contributed by atoms with Gasteiger partial charge in [-0.1, -0.05) is 6.07 Å². The summed E-state index contributed by atoms with van der Waals surface area (Å²) >= 11 is 0. The molecule has 2 N–H and O–H groups in total. The first-order chi connectivity index (χ1) is 16.0. The van der Waals surface area contributed by atoms with Crippen LogP contribution in [0.15, 0.2) is 29.4 Å². The van der Waals surface area contributed by atoms with Crippen molar-refractivity contribution in [3.63, 3.8) is 0 Å². The lowest BCUT2D eigenvalue weighted by atomic mass is 10.1. The first-order valence-corrected chi connectivity index (χ1v) is 13.0. The first kappa shape index (κ1) is 22.9. The maximum Gasteiger partial charge on any atom is 0.319 e. The minimum atomic E-state index is -3.61. The van der Waals surface area contributed by atoms with Gasteiger partial charge in [-0.2, -0.15) is 0 Å². The predicted octanol–water partition coefficient (Wildman–Crippen LogP) is 2.52. The van der Waals surface area contributed by atoms with Crippen LogP contribution in [0.5, 0.6) is 0 Å². The van der Waals surface area contributed by atoms with Gasteiger partial charge in [0.05, 0.1) is 10.3 Å². The maximum absolute atomic E-state index is 12.9. The van der Waals surface area contributed by atoms with E-state index in [0.717, 1.165) is 29.4 Å². The molecule has 2 amide bonds. The van der Waals surface area contributed by atoms with Gasteiger partial charge in [-0.15, -0.1) is 0 Å². The zero-order chi connectivity index (χ0) is 24.4. The molecule has 11 heteroatoms. The summed E-state index contributed by atoms with van der Waals surface area (Å²) in [7, 11) is -0.0806. The zero-order valence-electron chi connectivity index (χ0n) is 20.2. The number of urea groups is 1. The van der Waals surface area contributed by atoms with Crippen molar-refractivity contribution >= 4 is 43.8 Å². The molecule has 5 rings (SSSR count). The Morgan fingerprint density at radius 3 is 2.59 bits per heavy atom. The lowest BCUT2D eigenvalue weighted by molar-refractivity contribution is 0.137. The van der Waals surface area contributed by atoms with Crippen LogP contribution in [-0.4, -0.2) is 84.0 Å². The van der Waals surface area contributed by atoms with Crippen LogP contribution in [0.3, 0.4) is 0 Å². The van der Waals surface area contributed by atoms with E-state index in [2.05, 4.69) is 31.5 Å². The second-order valence-corrected chi connectivity index (χ2v) is 11.8. The number of nitrogens with zero attached hydrogens (tertiary/aromatic N) is 5. The SMILES string of the molecule is CC1CN(c2ncnc3[nH]c4cc(S(=O)(=O)NC5(C)CC5)ccc4c23)C(C)CN1C(=O)N(C)C. The van der Waals surface area contributed by atoms with Gasteiger partial charge in [0.15, 0.2) is 0 Å². The number of rotatable bonds is 4. The quantitative estimate of drug-likeness (QED) is 0.587. The van der Waals surface area contributed by atoms with Crippen LogP contribution in [0.2, 0.25) is 0 Å².